The first-order valence-electron chi connectivity index (χ1n) is 11.7. The molecule has 7 nitrogen and oxygen atoms in total. The Bertz CT molecular complexity index is 1170. The Morgan fingerprint density at radius 3 is 2.63 bits per heavy atom. The standard InChI is InChI=1S/C28H31NO6/c1-18-12-22(33-11-5-10-32-3)13-19(2)28(18)24-6-4-7-26(29-24)35-16-20-8-9-23-21(15-27(30)31)17-34-25(23)14-20/h4,6-9,12-14,21H,5,10-11,15-17H2,1-3H3,(H,30,31). The number of aromatic nitrogens is 1. The van der Waals surface area contributed by atoms with Crippen LogP contribution in [-0.4, -0.2) is 43.0 Å². The van der Waals surface area contributed by atoms with Crippen LogP contribution >= 0.6 is 0 Å². The molecular weight excluding hydrogens is 446 g/mol. The van der Waals surface area contributed by atoms with E-state index in [9.17, 15) is 4.79 Å². The number of nitrogens with zero attached hydrogens (tertiary/aromatic N) is 1. The lowest BCUT2D eigenvalue weighted by Gasteiger charge is -2.14. The summed E-state index contributed by atoms with van der Waals surface area (Å²) in [7, 11) is 1.69. The van der Waals surface area contributed by atoms with Gasteiger partial charge in [0.25, 0.3) is 0 Å². The second-order valence-corrected chi connectivity index (χ2v) is 8.75. The van der Waals surface area contributed by atoms with Crippen molar-refractivity contribution < 1.29 is 28.8 Å². The molecule has 0 saturated heterocycles. The van der Waals surface area contributed by atoms with Gasteiger partial charge in [-0.1, -0.05) is 18.2 Å². The second-order valence-electron chi connectivity index (χ2n) is 8.75. The van der Waals surface area contributed by atoms with Gasteiger partial charge in [0.2, 0.25) is 5.88 Å². The number of hydrogen-bond donors (Lipinski definition) is 1. The molecule has 0 saturated carbocycles. The minimum Gasteiger partial charge on any atom is -0.493 e. The van der Waals surface area contributed by atoms with E-state index in [1.165, 1.54) is 0 Å². The Morgan fingerprint density at radius 1 is 1.09 bits per heavy atom. The number of ether oxygens (including phenoxy) is 4. The number of pyridine rings is 1. The minimum absolute atomic E-state index is 0.0688. The molecule has 1 aromatic heterocycles. The summed E-state index contributed by atoms with van der Waals surface area (Å²) in [5.41, 5.74) is 5.96. The van der Waals surface area contributed by atoms with E-state index in [0.29, 0.717) is 32.3 Å². The van der Waals surface area contributed by atoms with Crippen LogP contribution < -0.4 is 14.2 Å². The third kappa shape index (κ3) is 6.11. The Hall–Kier alpha value is -3.58. The van der Waals surface area contributed by atoms with Crippen molar-refractivity contribution in [2.45, 2.75) is 39.2 Å². The van der Waals surface area contributed by atoms with Crippen LogP contribution in [0.5, 0.6) is 17.4 Å². The van der Waals surface area contributed by atoms with Gasteiger partial charge in [0, 0.05) is 43.2 Å². The normalized spacial score (nSPS) is 14.3. The van der Waals surface area contributed by atoms with Crippen molar-refractivity contribution >= 4 is 5.97 Å². The third-order valence-corrected chi connectivity index (χ3v) is 6.01. The number of rotatable bonds is 11. The van der Waals surface area contributed by atoms with E-state index in [2.05, 4.69) is 13.8 Å². The van der Waals surface area contributed by atoms with E-state index in [-0.39, 0.29) is 12.3 Å². The SMILES string of the molecule is COCCCOc1cc(C)c(-c2cccc(OCc3ccc4c(c3)OCC4CC(=O)O)n2)c(C)c1. The first-order chi connectivity index (χ1) is 16.9. The molecule has 0 radical (unpaired) electrons. The summed E-state index contributed by atoms with van der Waals surface area (Å²) < 4.78 is 22.6. The van der Waals surface area contributed by atoms with Gasteiger partial charge in [-0.2, -0.15) is 0 Å². The molecule has 1 unspecified atom stereocenters. The van der Waals surface area contributed by atoms with Crippen molar-refractivity contribution in [3.8, 4) is 28.6 Å². The van der Waals surface area contributed by atoms with Gasteiger partial charge in [0.15, 0.2) is 0 Å². The van der Waals surface area contributed by atoms with Crippen LogP contribution in [0.4, 0.5) is 0 Å². The van der Waals surface area contributed by atoms with Crippen LogP contribution in [0.15, 0.2) is 48.5 Å². The Morgan fingerprint density at radius 2 is 1.89 bits per heavy atom. The minimum atomic E-state index is -0.820. The summed E-state index contributed by atoms with van der Waals surface area (Å²) in [5, 5.41) is 9.08. The van der Waals surface area contributed by atoms with E-state index in [4.69, 9.17) is 29.0 Å². The number of methoxy groups -OCH3 is 1. The average Bonchev–Trinajstić information content (AvgIpc) is 3.22. The van der Waals surface area contributed by atoms with E-state index < -0.39 is 5.97 Å². The highest BCUT2D eigenvalue weighted by Gasteiger charge is 2.26. The van der Waals surface area contributed by atoms with Gasteiger partial charge in [-0.25, -0.2) is 4.98 Å². The molecule has 0 spiro atoms. The summed E-state index contributed by atoms with van der Waals surface area (Å²) in [6.07, 6.45) is 0.913. The van der Waals surface area contributed by atoms with Crippen LogP contribution in [0.2, 0.25) is 0 Å². The summed E-state index contributed by atoms with van der Waals surface area (Å²) in [5.74, 6) is 1.18. The number of aryl methyl sites for hydroxylation is 2. The topological polar surface area (TPSA) is 87.1 Å². The predicted molar refractivity (Wildman–Crippen MR) is 132 cm³/mol. The number of hydrogen-bond acceptors (Lipinski definition) is 6. The first-order valence-corrected chi connectivity index (χ1v) is 11.7. The molecular formula is C28H31NO6. The lowest BCUT2D eigenvalue weighted by atomic mass is 9.97. The van der Waals surface area contributed by atoms with Gasteiger partial charge < -0.3 is 24.1 Å². The van der Waals surface area contributed by atoms with Crippen molar-refractivity contribution in [2.24, 2.45) is 0 Å². The van der Waals surface area contributed by atoms with Crippen molar-refractivity contribution in [1.82, 2.24) is 4.98 Å². The molecule has 1 atom stereocenters. The fourth-order valence-corrected chi connectivity index (χ4v) is 4.39. The Labute approximate surface area is 205 Å². The van der Waals surface area contributed by atoms with Crippen LogP contribution in [0.25, 0.3) is 11.3 Å². The fourth-order valence-electron chi connectivity index (χ4n) is 4.39. The monoisotopic (exact) mass is 477 g/mol. The fraction of sp³-hybridized carbons (Fsp3) is 0.357. The molecule has 1 aliphatic rings. The molecule has 35 heavy (non-hydrogen) atoms. The molecule has 7 heteroatoms. The maximum absolute atomic E-state index is 11.1. The first kappa shape index (κ1) is 24.5. The number of benzene rings is 2. The van der Waals surface area contributed by atoms with Crippen LogP contribution in [0, 0.1) is 13.8 Å². The number of carboxylic acids is 1. The summed E-state index contributed by atoms with van der Waals surface area (Å²) in [6.45, 7) is 6.13. The highest BCUT2D eigenvalue weighted by molar-refractivity contribution is 5.69. The molecule has 1 aliphatic heterocycles. The third-order valence-electron chi connectivity index (χ3n) is 6.01. The quantitative estimate of drug-likeness (QED) is 0.375. The van der Waals surface area contributed by atoms with Gasteiger partial charge in [-0.3, -0.25) is 4.79 Å². The zero-order valence-electron chi connectivity index (χ0n) is 20.4. The smallest absolute Gasteiger partial charge is 0.304 e. The lowest BCUT2D eigenvalue weighted by Crippen LogP contribution is -2.07. The molecule has 4 rings (SSSR count). The molecule has 0 amide bonds. The number of aliphatic carboxylic acids is 1. The van der Waals surface area contributed by atoms with Crippen LogP contribution in [0.1, 0.15) is 41.0 Å². The maximum Gasteiger partial charge on any atom is 0.304 e. The molecule has 2 heterocycles. The second kappa shape index (κ2) is 11.2. The Kier molecular flexibility index (Phi) is 7.87. The molecule has 0 aliphatic carbocycles. The van der Waals surface area contributed by atoms with E-state index in [1.807, 2.05) is 48.5 Å². The largest absolute Gasteiger partial charge is 0.493 e. The molecule has 3 aromatic rings. The molecule has 2 aromatic carbocycles. The van der Waals surface area contributed by atoms with Crippen molar-refractivity contribution in [2.75, 3.05) is 26.9 Å². The van der Waals surface area contributed by atoms with Gasteiger partial charge in [-0.05, 0) is 54.8 Å². The molecule has 1 N–H and O–H groups in total. The van der Waals surface area contributed by atoms with E-state index >= 15 is 0 Å². The predicted octanol–water partition coefficient (Wildman–Crippen LogP) is 5.31. The molecule has 0 bridgehead atoms. The summed E-state index contributed by atoms with van der Waals surface area (Å²) >= 11 is 0. The van der Waals surface area contributed by atoms with Crippen molar-refractivity contribution in [1.29, 1.82) is 0 Å². The Balaban J connectivity index is 1.43. The summed E-state index contributed by atoms with van der Waals surface area (Å²) in [6, 6.07) is 15.6. The van der Waals surface area contributed by atoms with Gasteiger partial charge in [-0.15, -0.1) is 0 Å². The number of carbonyl (C=O) groups is 1. The van der Waals surface area contributed by atoms with Crippen LogP contribution in [0.3, 0.4) is 0 Å². The number of carboxylic acid groups (broad SMARTS) is 1. The van der Waals surface area contributed by atoms with Crippen molar-refractivity contribution in [3.05, 3.63) is 70.8 Å². The average molecular weight is 478 g/mol. The van der Waals surface area contributed by atoms with E-state index in [1.54, 1.807) is 7.11 Å². The molecule has 184 valence electrons. The molecule has 0 fully saturated rings. The summed E-state index contributed by atoms with van der Waals surface area (Å²) in [4.78, 5) is 15.8. The van der Waals surface area contributed by atoms with Gasteiger partial charge in [0.1, 0.15) is 18.1 Å². The zero-order valence-corrected chi connectivity index (χ0v) is 20.4. The highest BCUT2D eigenvalue weighted by atomic mass is 16.5. The number of fused-ring (bicyclic) bond motifs is 1. The maximum atomic E-state index is 11.1. The van der Waals surface area contributed by atoms with Gasteiger partial charge in [0.05, 0.1) is 25.3 Å². The van der Waals surface area contributed by atoms with Crippen molar-refractivity contribution in [3.63, 3.8) is 0 Å². The zero-order chi connectivity index (χ0) is 24.8. The van der Waals surface area contributed by atoms with Gasteiger partial charge >= 0.3 is 5.97 Å². The van der Waals surface area contributed by atoms with E-state index in [0.717, 1.165) is 51.4 Å². The van der Waals surface area contributed by atoms with Crippen LogP contribution in [-0.2, 0) is 16.1 Å². The highest BCUT2D eigenvalue weighted by Crippen LogP contribution is 2.37. The lowest BCUT2D eigenvalue weighted by molar-refractivity contribution is -0.137.